The number of halogens is 1. The molecule has 2 rings (SSSR count). The van der Waals surface area contributed by atoms with Gasteiger partial charge in [-0.25, -0.2) is 4.39 Å². The summed E-state index contributed by atoms with van der Waals surface area (Å²) in [6.07, 6.45) is 0. The topological polar surface area (TPSA) is 15.3 Å². The van der Waals surface area contributed by atoms with Gasteiger partial charge in [-0.3, -0.25) is 4.90 Å². The molecule has 3 heteroatoms. The van der Waals surface area contributed by atoms with Crippen molar-refractivity contribution in [2.75, 3.05) is 13.1 Å². The lowest BCUT2D eigenvalue weighted by molar-refractivity contribution is 0.0400. The average molecular weight is 292 g/mol. The van der Waals surface area contributed by atoms with Gasteiger partial charge in [-0.1, -0.05) is 46.8 Å². The first-order chi connectivity index (χ1) is 9.77. The SMILES string of the molecule is CC(C)C1CN(Cc2cccc(F)c2)C(C(C)(C)C)CN1. The zero-order valence-corrected chi connectivity index (χ0v) is 14.0. The van der Waals surface area contributed by atoms with Crippen LogP contribution in [0.3, 0.4) is 0 Å². The monoisotopic (exact) mass is 292 g/mol. The van der Waals surface area contributed by atoms with E-state index in [-0.39, 0.29) is 11.2 Å². The van der Waals surface area contributed by atoms with Crippen LogP contribution in [0.25, 0.3) is 0 Å². The fourth-order valence-corrected chi connectivity index (χ4v) is 3.18. The Balaban J connectivity index is 2.17. The van der Waals surface area contributed by atoms with Crippen molar-refractivity contribution >= 4 is 0 Å². The third kappa shape index (κ3) is 4.27. The van der Waals surface area contributed by atoms with Gasteiger partial charge in [0.15, 0.2) is 0 Å². The maximum Gasteiger partial charge on any atom is 0.123 e. The zero-order chi connectivity index (χ0) is 15.6. The predicted molar refractivity (Wildman–Crippen MR) is 86.7 cm³/mol. The van der Waals surface area contributed by atoms with E-state index in [4.69, 9.17) is 0 Å². The van der Waals surface area contributed by atoms with Crippen LogP contribution in [0.5, 0.6) is 0 Å². The van der Waals surface area contributed by atoms with E-state index in [0.717, 1.165) is 25.2 Å². The normalized spacial score (nSPS) is 24.5. The summed E-state index contributed by atoms with van der Waals surface area (Å²) in [5, 5.41) is 3.69. The maximum absolute atomic E-state index is 13.4. The molecule has 1 aliphatic rings. The van der Waals surface area contributed by atoms with Crippen LogP contribution in [0, 0.1) is 17.2 Å². The van der Waals surface area contributed by atoms with Crippen molar-refractivity contribution in [1.82, 2.24) is 10.2 Å². The first-order valence-corrected chi connectivity index (χ1v) is 7.99. The van der Waals surface area contributed by atoms with Gasteiger partial charge in [-0.2, -0.15) is 0 Å². The number of rotatable bonds is 3. The Morgan fingerprint density at radius 2 is 2.05 bits per heavy atom. The van der Waals surface area contributed by atoms with E-state index < -0.39 is 0 Å². The molecule has 2 atom stereocenters. The van der Waals surface area contributed by atoms with Gasteiger partial charge in [0, 0.05) is 31.7 Å². The molecule has 0 amide bonds. The third-order valence-electron chi connectivity index (χ3n) is 4.52. The van der Waals surface area contributed by atoms with Crippen molar-refractivity contribution in [1.29, 1.82) is 0 Å². The van der Waals surface area contributed by atoms with E-state index in [1.165, 1.54) is 6.07 Å². The number of hydrogen-bond donors (Lipinski definition) is 1. The molecule has 0 bridgehead atoms. The summed E-state index contributed by atoms with van der Waals surface area (Å²) < 4.78 is 13.4. The van der Waals surface area contributed by atoms with Crippen molar-refractivity contribution in [2.24, 2.45) is 11.3 Å². The van der Waals surface area contributed by atoms with Gasteiger partial charge in [0.25, 0.3) is 0 Å². The zero-order valence-electron chi connectivity index (χ0n) is 14.0. The quantitative estimate of drug-likeness (QED) is 0.914. The minimum atomic E-state index is -0.143. The Morgan fingerprint density at radius 3 is 2.62 bits per heavy atom. The average Bonchev–Trinajstić information content (AvgIpc) is 2.37. The summed E-state index contributed by atoms with van der Waals surface area (Å²) >= 11 is 0. The Kier molecular flexibility index (Phi) is 5.05. The Hall–Kier alpha value is -0.930. The van der Waals surface area contributed by atoms with Gasteiger partial charge >= 0.3 is 0 Å². The molecule has 2 nitrogen and oxygen atoms in total. The van der Waals surface area contributed by atoms with Gasteiger partial charge < -0.3 is 5.32 Å². The second kappa shape index (κ2) is 6.45. The molecule has 0 radical (unpaired) electrons. The van der Waals surface area contributed by atoms with Crippen LogP contribution in [0.4, 0.5) is 4.39 Å². The fourth-order valence-electron chi connectivity index (χ4n) is 3.18. The molecule has 1 saturated heterocycles. The van der Waals surface area contributed by atoms with Crippen molar-refractivity contribution in [3.8, 4) is 0 Å². The molecule has 0 aliphatic carbocycles. The van der Waals surface area contributed by atoms with Crippen LogP contribution in [0.1, 0.15) is 40.2 Å². The van der Waals surface area contributed by atoms with E-state index in [0.29, 0.717) is 18.0 Å². The summed E-state index contributed by atoms with van der Waals surface area (Å²) in [7, 11) is 0. The molecule has 2 unspecified atom stereocenters. The van der Waals surface area contributed by atoms with E-state index >= 15 is 0 Å². The van der Waals surface area contributed by atoms with E-state index in [1.54, 1.807) is 12.1 Å². The van der Waals surface area contributed by atoms with E-state index in [1.807, 2.05) is 6.07 Å². The number of nitrogens with one attached hydrogen (secondary N) is 1. The summed E-state index contributed by atoms with van der Waals surface area (Å²) in [5.74, 6) is 0.469. The summed E-state index contributed by atoms with van der Waals surface area (Å²) in [6, 6.07) is 7.98. The molecule has 1 aliphatic heterocycles. The highest BCUT2D eigenvalue weighted by atomic mass is 19.1. The highest BCUT2D eigenvalue weighted by Crippen LogP contribution is 2.29. The van der Waals surface area contributed by atoms with E-state index in [2.05, 4.69) is 44.8 Å². The van der Waals surface area contributed by atoms with Crippen molar-refractivity contribution in [3.05, 3.63) is 35.6 Å². The predicted octanol–water partition coefficient (Wildman–Crippen LogP) is 3.67. The van der Waals surface area contributed by atoms with Crippen LogP contribution < -0.4 is 5.32 Å². The Morgan fingerprint density at radius 1 is 1.33 bits per heavy atom. The van der Waals surface area contributed by atoms with Crippen molar-refractivity contribution < 1.29 is 4.39 Å². The van der Waals surface area contributed by atoms with Crippen LogP contribution in [0.2, 0.25) is 0 Å². The molecule has 1 heterocycles. The van der Waals surface area contributed by atoms with Crippen LogP contribution in [0.15, 0.2) is 24.3 Å². The lowest BCUT2D eigenvalue weighted by Crippen LogP contribution is -2.61. The maximum atomic E-state index is 13.4. The number of piperazine rings is 1. The largest absolute Gasteiger partial charge is 0.311 e. The summed E-state index contributed by atoms with van der Waals surface area (Å²) in [4.78, 5) is 2.52. The molecule has 1 aromatic rings. The molecule has 0 spiro atoms. The van der Waals surface area contributed by atoms with Crippen molar-refractivity contribution in [3.63, 3.8) is 0 Å². The fraction of sp³-hybridized carbons (Fsp3) is 0.667. The van der Waals surface area contributed by atoms with Crippen LogP contribution in [-0.4, -0.2) is 30.1 Å². The molecule has 1 aromatic carbocycles. The van der Waals surface area contributed by atoms with Gasteiger partial charge in [0.05, 0.1) is 0 Å². The van der Waals surface area contributed by atoms with Crippen LogP contribution in [-0.2, 0) is 6.54 Å². The third-order valence-corrected chi connectivity index (χ3v) is 4.52. The van der Waals surface area contributed by atoms with Gasteiger partial charge in [-0.15, -0.1) is 0 Å². The van der Waals surface area contributed by atoms with Crippen molar-refractivity contribution in [2.45, 2.75) is 53.2 Å². The summed E-state index contributed by atoms with van der Waals surface area (Å²) in [6.45, 7) is 14.2. The lowest BCUT2D eigenvalue weighted by atomic mass is 9.82. The Labute approximate surface area is 128 Å². The van der Waals surface area contributed by atoms with Gasteiger partial charge in [0.2, 0.25) is 0 Å². The lowest BCUT2D eigenvalue weighted by Gasteiger charge is -2.47. The molecular weight excluding hydrogens is 263 g/mol. The second-order valence-electron chi connectivity index (χ2n) is 7.70. The summed E-state index contributed by atoms with van der Waals surface area (Å²) in [5.41, 5.74) is 1.27. The standard InChI is InChI=1S/C18H29FN2/c1-13(2)16-12-21(17(10-20-16)18(3,4)5)11-14-7-6-8-15(19)9-14/h6-9,13,16-17,20H,10-12H2,1-5H3. The first kappa shape index (κ1) is 16.4. The molecule has 118 valence electrons. The van der Waals surface area contributed by atoms with Gasteiger partial charge in [0.1, 0.15) is 5.82 Å². The smallest absolute Gasteiger partial charge is 0.123 e. The molecule has 1 N–H and O–H groups in total. The molecule has 1 fully saturated rings. The van der Waals surface area contributed by atoms with Gasteiger partial charge in [-0.05, 0) is 29.0 Å². The molecule has 0 aromatic heterocycles. The highest BCUT2D eigenvalue weighted by Gasteiger charge is 2.36. The minimum absolute atomic E-state index is 0.143. The Bertz CT molecular complexity index is 465. The molecular formula is C18H29FN2. The minimum Gasteiger partial charge on any atom is -0.311 e. The highest BCUT2D eigenvalue weighted by molar-refractivity contribution is 5.16. The number of benzene rings is 1. The number of hydrogen-bond acceptors (Lipinski definition) is 2. The number of nitrogens with zero attached hydrogens (tertiary/aromatic N) is 1. The molecule has 0 saturated carbocycles. The second-order valence-corrected chi connectivity index (χ2v) is 7.70. The van der Waals surface area contributed by atoms with Crippen LogP contribution >= 0.6 is 0 Å². The van der Waals surface area contributed by atoms with E-state index in [9.17, 15) is 4.39 Å². The molecule has 21 heavy (non-hydrogen) atoms. The first-order valence-electron chi connectivity index (χ1n) is 7.99.